The molecule has 0 saturated carbocycles. The van der Waals surface area contributed by atoms with Gasteiger partial charge in [-0.05, 0) is 32.0 Å². The summed E-state index contributed by atoms with van der Waals surface area (Å²) in [5.74, 6) is -0.307. The van der Waals surface area contributed by atoms with Crippen LogP contribution >= 0.6 is 0 Å². The molecule has 0 aliphatic heterocycles. The molecule has 0 fully saturated rings. The number of carbonyl (C=O) groups is 1. The molecule has 1 atom stereocenters. The molecule has 4 heteroatoms. The molecule has 100 valence electrons. The minimum absolute atomic E-state index is 0.135. The van der Waals surface area contributed by atoms with Crippen molar-refractivity contribution >= 4 is 14.3 Å². The van der Waals surface area contributed by atoms with Crippen LogP contribution in [0.15, 0.2) is 11.6 Å². The van der Waals surface area contributed by atoms with Crippen LogP contribution in [-0.2, 0) is 14.0 Å². The van der Waals surface area contributed by atoms with E-state index in [9.17, 15) is 4.79 Å². The number of rotatable bonds is 4. The fourth-order valence-corrected chi connectivity index (χ4v) is 2.68. The first-order valence-corrected chi connectivity index (χ1v) is 8.90. The van der Waals surface area contributed by atoms with Crippen LogP contribution in [-0.4, -0.2) is 27.5 Å². The average molecular weight is 258 g/mol. The number of hydrogen-bond acceptors (Lipinski definition) is 3. The van der Waals surface area contributed by atoms with Gasteiger partial charge in [0.05, 0.1) is 18.8 Å². The van der Waals surface area contributed by atoms with Crippen LogP contribution in [0.5, 0.6) is 0 Å². The van der Waals surface area contributed by atoms with Gasteiger partial charge in [-0.2, -0.15) is 0 Å². The molecular weight excluding hydrogens is 232 g/mol. The smallest absolute Gasteiger partial charge is 0.335 e. The Hall–Kier alpha value is -0.613. The number of hydrogen-bond donors (Lipinski definition) is 0. The standard InChI is InChI=1S/C13H26O3Si/c1-9-11(12(14)15-6)10(2)16-17(7,8)13(3,4)5/h9-10H,1-8H3/b11-9+. The van der Waals surface area contributed by atoms with Gasteiger partial charge in [-0.25, -0.2) is 4.79 Å². The van der Waals surface area contributed by atoms with Crippen molar-refractivity contribution in [1.29, 1.82) is 0 Å². The van der Waals surface area contributed by atoms with E-state index in [2.05, 4.69) is 33.9 Å². The molecule has 0 bridgehead atoms. The summed E-state index contributed by atoms with van der Waals surface area (Å²) in [6.45, 7) is 14.6. The van der Waals surface area contributed by atoms with Crippen molar-refractivity contribution in [3.63, 3.8) is 0 Å². The zero-order chi connectivity index (χ0) is 13.9. The highest BCUT2D eigenvalue weighted by Crippen LogP contribution is 2.37. The second-order valence-corrected chi connectivity index (χ2v) is 10.5. The molecular formula is C13H26O3Si. The Balaban J connectivity index is 4.86. The van der Waals surface area contributed by atoms with Crippen molar-refractivity contribution in [2.45, 2.75) is 58.9 Å². The maximum atomic E-state index is 11.6. The van der Waals surface area contributed by atoms with Crippen molar-refractivity contribution < 1.29 is 14.0 Å². The summed E-state index contributed by atoms with van der Waals surface area (Å²) < 4.78 is 10.9. The SMILES string of the molecule is C/C=C(/C(=O)OC)C(C)O[Si](C)(C)C(C)(C)C. The molecule has 0 spiro atoms. The summed E-state index contributed by atoms with van der Waals surface area (Å²) in [5.41, 5.74) is 0.595. The van der Waals surface area contributed by atoms with Gasteiger partial charge in [-0.1, -0.05) is 26.8 Å². The summed E-state index contributed by atoms with van der Waals surface area (Å²) in [4.78, 5) is 11.6. The second-order valence-electron chi connectivity index (χ2n) is 5.76. The molecule has 0 aromatic carbocycles. The molecule has 0 heterocycles. The third kappa shape index (κ3) is 4.28. The zero-order valence-electron chi connectivity index (χ0n) is 12.4. The van der Waals surface area contributed by atoms with Crippen molar-refractivity contribution in [3.8, 4) is 0 Å². The molecule has 0 N–H and O–H groups in total. The molecule has 0 aliphatic rings. The second kappa shape index (κ2) is 5.82. The fraction of sp³-hybridized carbons (Fsp3) is 0.769. The van der Waals surface area contributed by atoms with Crippen LogP contribution in [0.2, 0.25) is 18.1 Å². The molecule has 0 rings (SSSR count). The lowest BCUT2D eigenvalue weighted by Gasteiger charge is -2.38. The first-order valence-electron chi connectivity index (χ1n) is 5.99. The van der Waals surface area contributed by atoms with E-state index < -0.39 is 8.32 Å². The topological polar surface area (TPSA) is 35.5 Å². The quantitative estimate of drug-likeness (QED) is 0.440. The Morgan fingerprint density at radius 1 is 1.29 bits per heavy atom. The van der Waals surface area contributed by atoms with Crippen LogP contribution < -0.4 is 0 Å². The van der Waals surface area contributed by atoms with Gasteiger partial charge in [-0.15, -0.1) is 0 Å². The number of allylic oxidation sites excluding steroid dienone is 1. The molecule has 0 aliphatic carbocycles. The molecule has 3 nitrogen and oxygen atoms in total. The zero-order valence-corrected chi connectivity index (χ0v) is 13.4. The fourth-order valence-electron chi connectivity index (χ4n) is 1.32. The largest absolute Gasteiger partial charge is 0.466 e. The summed E-state index contributed by atoms with van der Waals surface area (Å²) >= 11 is 0. The van der Waals surface area contributed by atoms with Crippen LogP contribution in [0.25, 0.3) is 0 Å². The third-order valence-electron chi connectivity index (χ3n) is 3.45. The molecule has 0 amide bonds. The van der Waals surface area contributed by atoms with Gasteiger partial charge in [0.15, 0.2) is 8.32 Å². The Morgan fingerprint density at radius 2 is 1.76 bits per heavy atom. The van der Waals surface area contributed by atoms with Crippen LogP contribution in [0.3, 0.4) is 0 Å². The molecule has 17 heavy (non-hydrogen) atoms. The third-order valence-corrected chi connectivity index (χ3v) is 8.00. The van der Waals surface area contributed by atoms with Gasteiger partial charge < -0.3 is 9.16 Å². The van der Waals surface area contributed by atoms with Crippen molar-refractivity contribution in [1.82, 2.24) is 0 Å². The first-order chi connectivity index (χ1) is 7.56. The first kappa shape index (κ1) is 16.4. The van der Waals surface area contributed by atoms with Gasteiger partial charge >= 0.3 is 5.97 Å². The number of ether oxygens (including phenoxy) is 1. The lowest BCUT2D eigenvalue weighted by Crippen LogP contribution is -2.44. The molecule has 0 aromatic rings. The highest BCUT2D eigenvalue weighted by atomic mass is 28.4. The monoisotopic (exact) mass is 258 g/mol. The van der Waals surface area contributed by atoms with Crippen molar-refractivity contribution in [3.05, 3.63) is 11.6 Å². The number of esters is 1. The number of carbonyl (C=O) groups excluding carboxylic acids is 1. The molecule has 0 radical (unpaired) electrons. The van der Waals surface area contributed by atoms with E-state index in [4.69, 9.17) is 9.16 Å². The minimum atomic E-state index is -1.85. The normalized spacial score (nSPS) is 15.6. The summed E-state index contributed by atoms with van der Waals surface area (Å²) in [6, 6.07) is 0. The minimum Gasteiger partial charge on any atom is -0.466 e. The highest BCUT2D eigenvalue weighted by molar-refractivity contribution is 6.74. The predicted molar refractivity (Wildman–Crippen MR) is 73.5 cm³/mol. The Labute approximate surface area is 106 Å². The average Bonchev–Trinajstić information content (AvgIpc) is 2.15. The van der Waals surface area contributed by atoms with Gasteiger partial charge in [0.1, 0.15) is 0 Å². The molecule has 1 unspecified atom stereocenters. The summed E-state index contributed by atoms with van der Waals surface area (Å²) in [5, 5.41) is 0.135. The van der Waals surface area contributed by atoms with Gasteiger partial charge in [0.2, 0.25) is 0 Å². The Bertz CT molecular complexity index is 300. The Morgan fingerprint density at radius 3 is 2.06 bits per heavy atom. The van der Waals surface area contributed by atoms with Crippen LogP contribution in [0.1, 0.15) is 34.6 Å². The maximum absolute atomic E-state index is 11.6. The summed E-state index contributed by atoms with van der Waals surface area (Å²) in [6.07, 6.45) is 1.55. The molecule has 0 saturated heterocycles. The van der Waals surface area contributed by atoms with Gasteiger partial charge in [0, 0.05) is 0 Å². The highest BCUT2D eigenvalue weighted by Gasteiger charge is 2.39. The van der Waals surface area contributed by atoms with E-state index in [0.29, 0.717) is 5.57 Å². The van der Waals surface area contributed by atoms with Gasteiger partial charge in [-0.3, -0.25) is 0 Å². The lowest BCUT2D eigenvalue weighted by atomic mass is 10.1. The predicted octanol–water partition coefficient (Wildman–Crippen LogP) is 3.52. The van der Waals surface area contributed by atoms with Crippen molar-refractivity contribution in [2.75, 3.05) is 7.11 Å². The maximum Gasteiger partial charge on any atom is 0.335 e. The van der Waals surface area contributed by atoms with E-state index in [0.717, 1.165) is 0 Å². The number of methoxy groups -OCH3 is 1. The van der Waals surface area contributed by atoms with Crippen LogP contribution in [0.4, 0.5) is 0 Å². The van der Waals surface area contributed by atoms with E-state index in [-0.39, 0.29) is 17.1 Å². The summed E-state index contributed by atoms with van der Waals surface area (Å²) in [7, 11) is -0.461. The lowest BCUT2D eigenvalue weighted by molar-refractivity contribution is -0.137. The van der Waals surface area contributed by atoms with E-state index in [1.165, 1.54) is 7.11 Å². The molecule has 0 aromatic heterocycles. The van der Waals surface area contributed by atoms with Gasteiger partial charge in [0.25, 0.3) is 0 Å². The Kier molecular flexibility index (Phi) is 5.61. The van der Waals surface area contributed by atoms with Crippen LogP contribution in [0, 0.1) is 0 Å². The van der Waals surface area contributed by atoms with E-state index in [1.54, 1.807) is 6.08 Å². The van der Waals surface area contributed by atoms with Crippen molar-refractivity contribution in [2.24, 2.45) is 0 Å². The van der Waals surface area contributed by atoms with E-state index in [1.807, 2.05) is 13.8 Å². The van der Waals surface area contributed by atoms with E-state index >= 15 is 0 Å².